The third kappa shape index (κ3) is 4.96. The summed E-state index contributed by atoms with van der Waals surface area (Å²) in [5, 5.41) is 13.0. The smallest absolute Gasteiger partial charge is 0.0704 e. The Morgan fingerprint density at radius 2 is 1.80 bits per heavy atom. The van der Waals surface area contributed by atoms with E-state index in [2.05, 4.69) is 50.4 Å². The van der Waals surface area contributed by atoms with Crippen LogP contribution in [0.25, 0.3) is 0 Å². The summed E-state index contributed by atoms with van der Waals surface area (Å²) in [4.78, 5) is 0. The van der Waals surface area contributed by atoms with Crippen LogP contribution < -0.4 is 5.32 Å². The topological polar surface area (TPSA) is 32.3 Å². The van der Waals surface area contributed by atoms with Crippen LogP contribution in [0, 0.1) is 6.92 Å². The molecule has 0 aliphatic rings. The summed E-state index contributed by atoms with van der Waals surface area (Å²) in [6, 6.07) is 8.75. The predicted octanol–water partition coefficient (Wildman–Crippen LogP) is 1.90. The lowest BCUT2D eigenvalue weighted by molar-refractivity contribution is 0.169. The van der Waals surface area contributed by atoms with Gasteiger partial charge in [-0.1, -0.05) is 43.7 Å². The van der Waals surface area contributed by atoms with Crippen LogP contribution in [0.2, 0.25) is 0 Å². The second kappa shape index (κ2) is 5.89. The molecule has 0 aliphatic carbocycles. The molecular weight excluding hydrogens is 186 g/mol. The molecule has 15 heavy (non-hydrogen) atoms. The van der Waals surface area contributed by atoms with Gasteiger partial charge in [-0.25, -0.2) is 0 Å². The third-order valence-electron chi connectivity index (χ3n) is 2.35. The zero-order valence-corrected chi connectivity index (χ0v) is 9.83. The number of nitrogens with one attached hydrogen (secondary N) is 1. The number of hydrogen-bond acceptors (Lipinski definition) is 2. The fourth-order valence-electron chi connectivity index (χ4n) is 1.44. The van der Waals surface area contributed by atoms with Crippen molar-refractivity contribution in [2.75, 3.05) is 6.54 Å². The number of aryl methyl sites for hydroxylation is 1. The minimum absolute atomic E-state index is 0.296. The summed E-state index contributed by atoms with van der Waals surface area (Å²) in [6.45, 7) is 6.89. The molecule has 0 radical (unpaired) electrons. The zero-order valence-electron chi connectivity index (χ0n) is 9.83. The molecule has 1 aromatic rings. The van der Waals surface area contributed by atoms with Crippen molar-refractivity contribution < 1.29 is 5.11 Å². The summed E-state index contributed by atoms with van der Waals surface area (Å²) in [5.41, 5.74) is 2.45. The van der Waals surface area contributed by atoms with E-state index >= 15 is 0 Å². The first-order valence-corrected chi connectivity index (χ1v) is 5.55. The van der Waals surface area contributed by atoms with Crippen molar-refractivity contribution in [3.8, 4) is 0 Å². The first-order chi connectivity index (χ1) is 7.08. The van der Waals surface area contributed by atoms with Gasteiger partial charge in [-0.3, -0.25) is 0 Å². The molecule has 0 aliphatic heterocycles. The third-order valence-corrected chi connectivity index (χ3v) is 2.35. The molecule has 0 saturated heterocycles. The Labute approximate surface area is 92.3 Å². The minimum atomic E-state index is -0.296. The maximum Gasteiger partial charge on any atom is 0.0704 e. The van der Waals surface area contributed by atoms with Crippen molar-refractivity contribution in [1.82, 2.24) is 5.32 Å². The molecule has 2 heteroatoms. The monoisotopic (exact) mass is 207 g/mol. The lowest BCUT2D eigenvalue weighted by Gasteiger charge is -2.14. The molecule has 0 fully saturated rings. The highest BCUT2D eigenvalue weighted by molar-refractivity contribution is 5.21. The van der Waals surface area contributed by atoms with Crippen LogP contribution in [0.5, 0.6) is 0 Å². The van der Waals surface area contributed by atoms with Crippen molar-refractivity contribution in [3.63, 3.8) is 0 Å². The molecule has 0 spiro atoms. The number of aliphatic hydroxyl groups excluding tert-OH is 1. The highest BCUT2D eigenvalue weighted by Gasteiger charge is 2.05. The normalized spacial score (nSPS) is 13.1. The summed E-state index contributed by atoms with van der Waals surface area (Å²) >= 11 is 0. The molecule has 0 saturated carbocycles. The minimum Gasteiger partial charge on any atom is -0.391 e. The number of benzene rings is 1. The molecule has 0 aromatic heterocycles. The van der Waals surface area contributed by atoms with Gasteiger partial charge in [0.2, 0.25) is 0 Å². The van der Waals surface area contributed by atoms with E-state index in [1.54, 1.807) is 0 Å². The molecule has 0 bridgehead atoms. The number of hydrogen-bond donors (Lipinski definition) is 2. The van der Waals surface area contributed by atoms with E-state index in [1.165, 1.54) is 11.1 Å². The number of aliphatic hydroxyl groups is 1. The van der Waals surface area contributed by atoms with E-state index in [0.717, 1.165) is 6.42 Å². The predicted molar refractivity (Wildman–Crippen MR) is 64.0 cm³/mol. The maximum atomic E-state index is 9.76. The molecule has 84 valence electrons. The summed E-state index contributed by atoms with van der Waals surface area (Å²) < 4.78 is 0. The van der Waals surface area contributed by atoms with E-state index < -0.39 is 0 Å². The van der Waals surface area contributed by atoms with Gasteiger partial charge in [-0.15, -0.1) is 0 Å². The van der Waals surface area contributed by atoms with Gasteiger partial charge >= 0.3 is 0 Å². The van der Waals surface area contributed by atoms with Gasteiger partial charge in [0.25, 0.3) is 0 Å². The quantitative estimate of drug-likeness (QED) is 0.773. The SMILES string of the molecule is Cc1ccc(CC(O)CNC(C)C)cc1. The van der Waals surface area contributed by atoms with Crippen LogP contribution in [0.3, 0.4) is 0 Å². The standard InChI is InChI=1S/C13H21NO/c1-10(2)14-9-13(15)8-12-6-4-11(3)5-7-12/h4-7,10,13-15H,8-9H2,1-3H3. The summed E-state index contributed by atoms with van der Waals surface area (Å²) in [6.07, 6.45) is 0.426. The molecule has 1 atom stereocenters. The van der Waals surface area contributed by atoms with Crippen LogP contribution in [-0.2, 0) is 6.42 Å². The average molecular weight is 207 g/mol. The summed E-state index contributed by atoms with van der Waals surface area (Å²) in [7, 11) is 0. The van der Waals surface area contributed by atoms with E-state index in [0.29, 0.717) is 12.6 Å². The van der Waals surface area contributed by atoms with Crippen molar-refractivity contribution in [3.05, 3.63) is 35.4 Å². The van der Waals surface area contributed by atoms with Crippen LogP contribution in [0.4, 0.5) is 0 Å². The Morgan fingerprint density at radius 1 is 1.20 bits per heavy atom. The molecule has 1 unspecified atom stereocenters. The van der Waals surface area contributed by atoms with E-state index in [9.17, 15) is 5.11 Å². The van der Waals surface area contributed by atoms with E-state index in [1.807, 2.05) is 0 Å². The Kier molecular flexibility index (Phi) is 4.79. The Hall–Kier alpha value is -0.860. The van der Waals surface area contributed by atoms with Gasteiger partial charge in [0, 0.05) is 12.6 Å². The largest absolute Gasteiger partial charge is 0.391 e. The van der Waals surface area contributed by atoms with Crippen molar-refractivity contribution in [1.29, 1.82) is 0 Å². The Balaban J connectivity index is 2.37. The molecule has 2 N–H and O–H groups in total. The van der Waals surface area contributed by atoms with Crippen LogP contribution in [0.1, 0.15) is 25.0 Å². The van der Waals surface area contributed by atoms with Crippen LogP contribution >= 0.6 is 0 Å². The average Bonchev–Trinajstić information content (AvgIpc) is 2.19. The lowest BCUT2D eigenvalue weighted by atomic mass is 10.1. The molecule has 0 heterocycles. The van der Waals surface area contributed by atoms with Crippen LogP contribution in [-0.4, -0.2) is 23.8 Å². The Bertz CT molecular complexity index is 279. The summed E-state index contributed by atoms with van der Waals surface area (Å²) in [5.74, 6) is 0. The zero-order chi connectivity index (χ0) is 11.3. The molecule has 1 aromatic carbocycles. The first-order valence-electron chi connectivity index (χ1n) is 5.55. The van der Waals surface area contributed by atoms with Crippen molar-refractivity contribution >= 4 is 0 Å². The highest BCUT2D eigenvalue weighted by atomic mass is 16.3. The van der Waals surface area contributed by atoms with Gasteiger partial charge in [-0.2, -0.15) is 0 Å². The Morgan fingerprint density at radius 3 is 2.33 bits per heavy atom. The number of rotatable bonds is 5. The highest BCUT2D eigenvalue weighted by Crippen LogP contribution is 2.05. The first kappa shape index (κ1) is 12.2. The van der Waals surface area contributed by atoms with Gasteiger partial charge in [0.05, 0.1) is 6.10 Å². The molecule has 2 nitrogen and oxygen atoms in total. The molecular formula is C13H21NO. The molecule has 1 rings (SSSR count). The molecule has 0 amide bonds. The van der Waals surface area contributed by atoms with E-state index in [4.69, 9.17) is 0 Å². The van der Waals surface area contributed by atoms with Gasteiger partial charge in [-0.05, 0) is 18.9 Å². The van der Waals surface area contributed by atoms with Gasteiger partial charge in [0.15, 0.2) is 0 Å². The lowest BCUT2D eigenvalue weighted by Crippen LogP contribution is -2.32. The van der Waals surface area contributed by atoms with Gasteiger partial charge in [0.1, 0.15) is 0 Å². The fourth-order valence-corrected chi connectivity index (χ4v) is 1.44. The second-order valence-electron chi connectivity index (χ2n) is 4.41. The van der Waals surface area contributed by atoms with E-state index in [-0.39, 0.29) is 6.10 Å². The van der Waals surface area contributed by atoms with Crippen LogP contribution in [0.15, 0.2) is 24.3 Å². The van der Waals surface area contributed by atoms with Gasteiger partial charge < -0.3 is 10.4 Å². The van der Waals surface area contributed by atoms with Crippen molar-refractivity contribution in [2.24, 2.45) is 0 Å². The second-order valence-corrected chi connectivity index (χ2v) is 4.41. The van der Waals surface area contributed by atoms with Crippen molar-refractivity contribution in [2.45, 2.75) is 39.3 Å². The maximum absolute atomic E-state index is 9.76. The fraction of sp³-hybridized carbons (Fsp3) is 0.538.